The lowest BCUT2D eigenvalue weighted by molar-refractivity contribution is 0.584. The second-order valence-electron chi connectivity index (χ2n) is 3.31. The Morgan fingerprint density at radius 3 is 2.76 bits per heavy atom. The molecule has 2 aromatic heterocycles. The number of H-pyrrole nitrogens is 1. The lowest BCUT2D eigenvalue weighted by Crippen LogP contribution is -2.14. The van der Waals surface area contributed by atoms with Crippen LogP contribution in [0, 0.1) is 12.9 Å². The number of hydrogen-bond acceptors (Lipinski definition) is 4. The van der Waals surface area contributed by atoms with Gasteiger partial charge in [0, 0.05) is 0 Å². The zero-order chi connectivity index (χ0) is 12.5. The standard InChI is InChI=1S/C9H9FN4O2S/c1-6-7(5-11-13-6)17(15,16)14-9-4-2-3-8(10)12-9/h2-5H,1H3,(H,11,13)(H,12,14). The molecule has 8 heteroatoms. The van der Waals surface area contributed by atoms with E-state index < -0.39 is 16.0 Å². The summed E-state index contributed by atoms with van der Waals surface area (Å²) in [7, 11) is -3.79. The van der Waals surface area contributed by atoms with Crippen molar-refractivity contribution in [2.45, 2.75) is 11.8 Å². The number of aryl methyl sites for hydroxylation is 1. The minimum atomic E-state index is -3.79. The van der Waals surface area contributed by atoms with E-state index in [0.717, 1.165) is 6.07 Å². The van der Waals surface area contributed by atoms with Gasteiger partial charge in [-0.05, 0) is 19.1 Å². The van der Waals surface area contributed by atoms with E-state index in [1.165, 1.54) is 18.3 Å². The Kier molecular flexibility index (Phi) is 2.80. The third-order valence-corrected chi connectivity index (χ3v) is 3.50. The summed E-state index contributed by atoms with van der Waals surface area (Å²) in [6, 6.07) is 3.85. The van der Waals surface area contributed by atoms with Crippen LogP contribution in [-0.4, -0.2) is 23.6 Å². The molecule has 0 aliphatic carbocycles. The Balaban J connectivity index is 2.33. The van der Waals surface area contributed by atoms with Gasteiger partial charge in [-0.2, -0.15) is 9.49 Å². The molecule has 0 radical (unpaired) electrons. The number of rotatable bonds is 3. The summed E-state index contributed by atoms with van der Waals surface area (Å²) >= 11 is 0. The lowest BCUT2D eigenvalue weighted by Gasteiger charge is -2.05. The highest BCUT2D eigenvalue weighted by molar-refractivity contribution is 7.92. The van der Waals surface area contributed by atoms with Crippen LogP contribution in [0.1, 0.15) is 5.69 Å². The predicted molar refractivity (Wildman–Crippen MR) is 58.3 cm³/mol. The second kappa shape index (κ2) is 4.13. The first kappa shape index (κ1) is 11.5. The number of nitrogens with one attached hydrogen (secondary N) is 2. The summed E-state index contributed by atoms with van der Waals surface area (Å²) in [6.07, 6.45) is 1.18. The van der Waals surface area contributed by atoms with Crippen molar-refractivity contribution in [1.82, 2.24) is 15.2 Å². The van der Waals surface area contributed by atoms with Crippen LogP contribution >= 0.6 is 0 Å². The number of hydrogen-bond donors (Lipinski definition) is 2. The SMILES string of the molecule is Cc1[nH]ncc1S(=O)(=O)Nc1cccc(F)n1. The lowest BCUT2D eigenvalue weighted by atomic mass is 10.5. The Bertz CT molecular complexity index is 638. The van der Waals surface area contributed by atoms with Crippen LogP contribution in [0.3, 0.4) is 0 Å². The van der Waals surface area contributed by atoms with Crippen molar-refractivity contribution in [3.63, 3.8) is 0 Å². The number of nitrogens with zero attached hydrogens (tertiary/aromatic N) is 2. The Hall–Kier alpha value is -1.96. The van der Waals surface area contributed by atoms with E-state index in [-0.39, 0.29) is 10.7 Å². The number of pyridine rings is 1. The van der Waals surface area contributed by atoms with Crippen LogP contribution in [0.5, 0.6) is 0 Å². The maximum atomic E-state index is 12.8. The summed E-state index contributed by atoms with van der Waals surface area (Å²) in [4.78, 5) is 3.41. The summed E-state index contributed by atoms with van der Waals surface area (Å²) in [6.45, 7) is 1.57. The third-order valence-electron chi connectivity index (χ3n) is 2.03. The highest BCUT2D eigenvalue weighted by Gasteiger charge is 2.19. The molecule has 0 aliphatic rings. The fourth-order valence-corrected chi connectivity index (χ4v) is 2.41. The minimum Gasteiger partial charge on any atom is -0.281 e. The molecule has 0 bridgehead atoms. The molecule has 0 unspecified atom stereocenters. The predicted octanol–water partition coefficient (Wildman–Crippen LogP) is 1.05. The Morgan fingerprint density at radius 1 is 1.41 bits per heavy atom. The second-order valence-corrected chi connectivity index (χ2v) is 4.96. The van der Waals surface area contributed by atoms with Crippen molar-refractivity contribution in [2.75, 3.05) is 4.72 Å². The largest absolute Gasteiger partial charge is 0.281 e. The van der Waals surface area contributed by atoms with Crippen molar-refractivity contribution >= 4 is 15.8 Å². The van der Waals surface area contributed by atoms with Crippen molar-refractivity contribution in [1.29, 1.82) is 0 Å². The summed E-state index contributed by atoms with van der Waals surface area (Å²) in [5.74, 6) is -0.834. The zero-order valence-corrected chi connectivity index (χ0v) is 9.62. The van der Waals surface area contributed by atoms with Gasteiger partial charge in [0.1, 0.15) is 10.7 Å². The van der Waals surface area contributed by atoms with E-state index in [4.69, 9.17) is 0 Å². The molecule has 6 nitrogen and oxygen atoms in total. The molecule has 90 valence electrons. The average molecular weight is 256 g/mol. The normalized spacial score (nSPS) is 11.4. The summed E-state index contributed by atoms with van der Waals surface area (Å²) < 4.78 is 38.7. The zero-order valence-electron chi connectivity index (χ0n) is 8.81. The molecule has 2 rings (SSSR count). The third kappa shape index (κ3) is 2.41. The first-order valence-corrected chi connectivity index (χ1v) is 6.13. The monoisotopic (exact) mass is 256 g/mol. The van der Waals surface area contributed by atoms with Gasteiger partial charge in [-0.15, -0.1) is 0 Å². The number of aromatic amines is 1. The van der Waals surface area contributed by atoms with Gasteiger partial charge in [0.15, 0.2) is 0 Å². The van der Waals surface area contributed by atoms with Gasteiger partial charge < -0.3 is 0 Å². The minimum absolute atomic E-state index is 0.00330. The number of anilines is 1. The smallest absolute Gasteiger partial charge is 0.266 e. The van der Waals surface area contributed by atoms with Gasteiger partial charge in [0.2, 0.25) is 5.95 Å². The molecular formula is C9H9FN4O2S. The van der Waals surface area contributed by atoms with E-state index in [9.17, 15) is 12.8 Å². The van der Waals surface area contributed by atoms with Gasteiger partial charge >= 0.3 is 0 Å². The van der Waals surface area contributed by atoms with E-state index in [1.807, 2.05) is 0 Å². The molecule has 0 spiro atoms. The fourth-order valence-electron chi connectivity index (χ4n) is 1.27. The fraction of sp³-hybridized carbons (Fsp3) is 0.111. The molecular weight excluding hydrogens is 247 g/mol. The Morgan fingerprint density at radius 2 is 2.18 bits per heavy atom. The van der Waals surface area contributed by atoms with E-state index >= 15 is 0 Å². The molecule has 0 atom stereocenters. The molecule has 0 saturated heterocycles. The topological polar surface area (TPSA) is 87.7 Å². The molecule has 0 aliphatic heterocycles. The first-order valence-electron chi connectivity index (χ1n) is 4.64. The molecule has 0 saturated carbocycles. The number of sulfonamides is 1. The van der Waals surface area contributed by atoms with E-state index in [1.54, 1.807) is 6.92 Å². The van der Waals surface area contributed by atoms with Crippen molar-refractivity contribution < 1.29 is 12.8 Å². The van der Waals surface area contributed by atoms with Gasteiger partial charge in [-0.25, -0.2) is 13.4 Å². The van der Waals surface area contributed by atoms with Crippen LogP contribution in [0.25, 0.3) is 0 Å². The van der Waals surface area contributed by atoms with Gasteiger partial charge in [-0.3, -0.25) is 9.82 Å². The summed E-state index contributed by atoms with van der Waals surface area (Å²) in [5.41, 5.74) is 0.397. The molecule has 17 heavy (non-hydrogen) atoms. The summed E-state index contributed by atoms with van der Waals surface area (Å²) in [5, 5.41) is 6.12. The molecule has 0 fully saturated rings. The maximum Gasteiger partial charge on any atom is 0.266 e. The van der Waals surface area contributed by atoms with Crippen LogP contribution in [-0.2, 0) is 10.0 Å². The van der Waals surface area contributed by atoms with Crippen molar-refractivity contribution in [3.05, 3.63) is 36.0 Å². The van der Waals surface area contributed by atoms with E-state index in [0.29, 0.717) is 5.69 Å². The maximum absolute atomic E-state index is 12.8. The van der Waals surface area contributed by atoms with Crippen LogP contribution in [0.15, 0.2) is 29.3 Å². The highest BCUT2D eigenvalue weighted by Crippen LogP contribution is 2.15. The van der Waals surface area contributed by atoms with Gasteiger partial charge in [0.25, 0.3) is 10.0 Å². The van der Waals surface area contributed by atoms with Crippen molar-refractivity contribution in [2.24, 2.45) is 0 Å². The molecule has 0 amide bonds. The van der Waals surface area contributed by atoms with Crippen LogP contribution < -0.4 is 4.72 Å². The van der Waals surface area contributed by atoms with Crippen molar-refractivity contribution in [3.8, 4) is 0 Å². The highest BCUT2D eigenvalue weighted by atomic mass is 32.2. The number of halogens is 1. The molecule has 2 N–H and O–H groups in total. The molecule has 0 aromatic carbocycles. The van der Waals surface area contributed by atoms with Crippen LogP contribution in [0.2, 0.25) is 0 Å². The Labute approximate surface area is 96.9 Å². The van der Waals surface area contributed by atoms with E-state index in [2.05, 4.69) is 19.9 Å². The number of aromatic nitrogens is 3. The average Bonchev–Trinajstić information content (AvgIpc) is 2.64. The quantitative estimate of drug-likeness (QED) is 0.803. The molecule has 2 heterocycles. The van der Waals surface area contributed by atoms with Crippen LogP contribution in [0.4, 0.5) is 10.2 Å². The first-order chi connectivity index (χ1) is 7.99. The molecule has 2 aromatic rings. The van der Waals surface area contributed by atoms with Gasteiger partial charge in [0.05, 0.1) is 11.9 Å². The van der Waals surface area contributed by atoms with Gasteiger partial charge in [-0.1, -0.05) is 6.07 Å².